The minimum Gasteiger partial charge on any atom is -0.269 e. The second-order valence-corrected chi connectivity index (χ2v) is 3.12. The molecule has 0 aromatic heterocycles. The first-order valence-electron chi connectivity index (χ1n) is 4.57. The van der Waals surface area contributed by atoms with Gasteiger partial charge in [0, 0.05) is 6.92 Å². The molecule has 0 saturated carbocycles. The summed E-state index contributed by atoms with van der Waals surface area (Å²) in [6, 6.07) is 9.34. The van der Waals surface area contributed by atoms with Crippen LogP contribution in [0.2, 0.25) is 0 Å². The van der Waals surface area contributed by atoms with Gasteiger partial charge in [-0.1, -0.05) is 35.3 Å². The molecule has 1 aromatic rings. The van der Waals surface area contributed by atoms with E-state index in [0.29, 0.717) is 11.4 Å². The van der Waals surface area contributed by atoms with Crippen LogP contribution in [-0.2, 0) is 11.2 Å². The highest BCUT2D eigenvalue weighted by atomic mass is 16.7. The smallest absolute Gasteiger partial charge is 0.269 e. The Balaban J connectivity index is 2.55. The lowest BCUT2D eigenvalue weighted by Crippen LogP contribution is -2.36. The van der Waals surface area contributed by atoms with Gasteiger partial charge in [-0.25, -0.2) is 10.1 Å². The minimum absolute atomic E-state index is 0.104. The summed E-state index contributed by atoms with van der Waals surface area (Å²) in [5.41, 5.74) is 0.977. The first kappa shape index (κ1) is 11.2. The zero-order valence-corrected chi connectivity index (χ0v) is 8.42. The third-order valence-corrected chi connectivity index (χ3v) is 2.02. The molecular weight excluding hydrogens is 196 g/mol. The van der Waals surface area contributed by atoms with Gasteiger partial charge in [0.15, 0.2) is 5.03 Å². The largest absolute Gasteiger partial charge is 0.280 e. The summed E-state index contributed by atoms with van der Waals surface area (Å²) in [5, 5.41) is 10.4. The van der Waals surface area contributed by atoms with Crippen LogP contribution in [0.5, 0.6) is 0 Å². The molecule has 15 heavy (non-hydrogen) atoms. The molecule has 0 atom stereocenters. The maximum absolute atomic E-state index is 10.9. The highest BCUT2D eigenvalue weighted by Gasteiger charge is 2.18. The van der Waals surface area contributed by atoms with Crippen molar-refractivity contribution in [3.05, 3.63) is 46.0 Å². The number of hydrazine groups is 1. The Bertz CT molecular complexity index is 337. The molecule has 0 fully saturated rings. The van der Waals surface area contributed by atoms with E-state index in [0.717, 1.165) is 5.56 Å². The van der Waals surface area contributed by atoms with E-state index >= 15 is 0 Å². The molecule has 0 spiro atoms. The quantitative estimate of drug-likeness (QED) is 0.553. The number of hydrogen-bond acceptors (Lipinski definition) is 3. The fraction of sp³-hybridized carbons (Fsp3) is 0.300. The maximum Gasteiger partial charge on any atom is 0.280 e. The molecule has 1 aromatic carbocycles. The SMILES string of the molecule is CC(=O)N(CCc1ccccc1)[N+](=O)[O-]. The monoisotopic (exact) mass is 208 g/mol. The van der Waals surface area contributed by atoms with Crippen molar-refractivity contribution in [3.8, 4) is 0 Å². The number of nitrogens with zero attached hydrogens (tertiary/aromatic N) is 2. The first-order chi connectivity index (χ1) is 7.11. The molecular formula is C10H12N2O3. The van der Waals surface area contributed by atoms with Gasteiger partial charge in [-0.15, -0.1) is 0 Å². The van der Waals surface area contributed by atoms with Crippen molar-refractivity contribution in [1.82, 2.24) is 5.01 Å². The third-order valence-electron chi connectivity index (χ3n) is 2.02. The van der Waals surface area contributed by atoms with Crippen molar-refractivity contribution >= 4 is 5.91 Å². The number of carbonyl (C=O) groups is 1. The second kappa shape index (κ2) is 5.09. The molecule has 0 unspecified atom stereocenters. The third kappa shape index (κ3) is 3.38. The number of nitro groups is 1. The molecule has 0 heterocycles. The van der Waals surface area contributed by atoms with Crippen LogP contribution < -0.4 is 0 Å². The van der Waals surface area contributed by atoms with Crippen LogP contribution in [0.1, 0.15) is 12.5 Å². The highest BCUT2D eigenvalue weighted by Crippen LogP contribution is 2.01. The van der Waals surface area contributed by atoms with Crippen LogP contribution in [0.4, 0.5) is 0 Å². The van der Waals surface area contributed by atoms with Crippen LogP contribution in [0.25, 0.3) is 0 Å². The van der Waals surface area contributed by atoms with E-state index in [4.69, 9.17) is 0 Å². The summed E-state index contributed by atoms with van der Waals surface area (Å²) in [4.78, 5) is 21.4. The van der Waals surface area contributed by atoms with E-state index in [1.165, 1.54) is 6.92 Å². The summed E-state index contributed by atoms with van der Waals surface area (Å²) in [7, 11) is 0. The number of benzene rings is 1. The van der Waals surface area contributed by atoms with Gasteiger partial charge < -0.3 is 0 Å². The van der Waals surface area contributed by atoms with Gasteiger partial charge in [0.1, 0.15) is 0 Å². The number of rotatable bonds is 4. The van der Waals surface area contributed by atoms with Gasteiger partial charge in [-0.05, 0) is 12.0 Å². The van der Waals surface area contributed by atoms with Gasteiger partial charge in [0.25, 0.3) is 5.91 Å². The average Bonchev–Trinajstić information content (AvgIpc) is 2.18. The van der Waals surface area contributed by atoms with Gasteiger partial charge in [0.05, 0.1) is 6.54 Å². The average molecular weight is 208 g/mol. The van der Waals surface area contributed by atoms with Crippen LogP contribution in [-0.4, -0.2) is 22.5 Å². The Morgan fingerprint density at radius 3 is 2.47 bits per heavy atom. The van der Waals surface area contributed by atoms with Crippen LogP contribution in [0, 0.1) is 10.1 Å². The molecule has 0 aliphatic heterocycles. The van der Waals surface area contributed by atoms with Gasteiger partial charge >= 0.3 is 0 Å². The number of hydrogen-bond donors (Lipinski definition) is 0. The Morgan fingerprint density at radius 1 is 1.40 bits per heavy atom. The highest BCUT2D eigenvalue weighted by molar-refractivity contribution is 5.71. The van der Waals surface area contributed by atoms with Crippen molar-refractivity contribution in [2.45, 2.75) is 13.3 Å². The van der Waals surface area contributed by atoms with Crippen LogP contribution >= 0.6 is 0 Å². The van der Waals surface area contributed by atoms with Gasteiger partial charge in [0.2, 0.25) is 0 Å². The predicted molar refractivity (Wildman–Crippen MR) is 54.5 cm³/mol. The molecule has 80 valence electrons. The Morgan fingerprint density at radius 2 is 2.00 bits per heavy atom. The number of carbonyl (C=O) groups excluding carboxylic acids is 1. The standard InChI is InChI=1S/C10H12N2O3/c1-9(13)11(12(14)15)8-7-10-5-3-2-4-6-10/h2-6H,7-8H2,1H3. The first-order valence-corrected chi connectivity index (χ1v) is 4.57. The van der Waals surface area contributed by atoms with E-state index in [1.807, 2.05) is 30.3 Å². The van der Waals surface area contributed by atoms with E-state index in [-0.39, 0.29) is 6.54 Å². The topological polar surface area (TPSA) is 63.5 Å². The molecule has 5 nitrogen and oxygen atoms in total. The zero-order valence-electron chi connectivity index (χ0n) is 8.42. The van der Waals surface area contributed by atoms with Crippen LogP contribution in [0.3, 0.4) is 0 Å². The zero-order chi connectivity index (χ0) is 11.3. The Labute approximate surface area is 87.4 Å². The molecule has 0 saturated heterocycles. The fourth-order valence-electron chi connectivity index (χ4n) is 1.23. The molecule has 0 radical (unpaired) electrons. The lowest BCUT2D eigenvalue weighted by atomic mass is 10.1. The van der Waals surface area contributed by atoms with Crippen LogP contribution in [0.15, 0.2) is 30.3 Å². The predicted octanol–water partition coefficient (Wildman–Crippen LogP) is 1.27. The molecule has 0 aliphatic carbocycles. The van der Waals surface area contributed by atoms with Gasteiger partial charge in [-0.3, -0.25) is 4.79 Å². The molecule has 0 aliphatic rings. The summed E-state index contributed by atoms with van der Waals surface area (Å²) in [5.74, 6) is -0.545. The lowest BCUT2D eigenvalue weighted by molar-refractivity contribution is -0.634. The van der Waals surface area contributed by atoms with E-state index in [1.54, 1.807) is 0 Å². The van der Waals surface area contributed by atoms with E-state index in [9.17, 15) is 14.9 Å². The van der Waals surface area contributed by atoms with Gasteiger partial charge in [-0.2, -0.15) is 0 Å². The molecule has 5 heteroatoms. The normalized spacial score (nSPS) is 9.67. The minimum atomic E-state index is -0.675. The lowest BCUT2D eigenvalue weighted by Gasteiger charge is -2.09. The second-order valence-electron chi connectivity index (χ2n) is 3.12. The van der Waals surface area contributed by atoms with Crippen molar-refractivity contribution in [2.24, 2.45) is 0 Å². The number of amides is 1. The van der Waals surface area contributed by atoms with E-state index in [2.05, 4.69) is 0 Å². The van der Waals surface area contributed by atoms with Crippen molar-refractivity contribution in [3.63, 3.8) is 0 Å². The maximum atomic E-state index is 10.9. The molecule has 0 bridgehead atoms. The fourth-order valence-corrected chi connectivity index (χ4v) is 1.23. The van der Waals surface area contributed by atoms with Crippen molar-refractivity contribution in [1.29, 1.82) is 0 Å². The molecule has 1 rings (SSSR count). The molecule has 1 amide bonds. The van der Waals surface area contributed by atoms with E-state index < -0.39 is 10.9 Å². The Hall–Kier alpha value is -1.91. The summed E-state index contributed by atoms with van der Waals surface area (Å²) in [6.07, 6.45) is 0.488. The Kier molecular flexibility index (Phi) is 3.79. The summed E-state index contributed by atoms with van der Waals surface area (Å²) < 4.78 is 0. The summed E-state index contributed by atoms with van der Waals surface area (Å²) >= 11 is 0. The molecule has 0 N–H and O–H groups in total. The van der Waals surface area contributed by atoms with Crippen molar-refractivity contribution in [2.75, 3.05) is 6.54 Å². The summed E-state index contributed by atoms with van der Waals surface area (Å²) in [6.45, 7) is 1.29. The van der Waals surface area contributed by atoms with Crippen molar-refractivity contribution < 1.29 is 9.83 Å².